The van der Waals surface area contributed by atoms with Gasteiger partial charge < -0.3 is 10.4 Å². The Labute approximate surface area is 125 Å². The van der Waals surface area contributed by atoms with Crippen LogP contribution in [0.2, 0.25) is 0 Å². The van der Waals surface area contributed by atoms with E-state index in [9.17, 15) is 4.79 Å². The molecule has 6 heteroatoms. The smallest absolute Gasteiger partial charge is 0.341 e. The van der Waals surface area contributed by atoms with Crippen molar-refractivity contribution >= 4 is 27.7 Å². The number of carbonyl (C=O) groups is 1. The lowest BCUT2D eigenvalue weighted by molar-refractivity contribution is 0.0697. The van der Waals surface area contributed by atoms with Crippen LogP contribution < -0.4 is 5.32 Å². The minimum atomic E-state index is -1.04. The summed E-state index contributed by atoms with van der Waals surface area (Å²) in [7, 11) is 0. The molecule has 104 valence electrons. The van der Waals surface area contributed by atoms with E-state index in [4.69, 9.17) is 5.11 Å². The lowest BCUT2D eigenvalue weighted by atomic mass is 10.1. The molecule has 0 amide bonds. The van der Waals surface area contributed by atoms with Crippen LogP contribution in [0.25, 0.3) is 0 Å². The molecule has 20 heavy (non-hydrogen) atoms. The molecule has 1 heterocycles. The summed E-state index contributed by atoms with van der Waals surface area (Å²) in [4.78, 5) is 18.7. The molecule has 0 fully saturated rings. The fourth-order valence-electron chi connectivity index (χ4n) is 1.85. The number of aromatic carboxylic acids is 1. The molecule has 2 rings (SSSR count). The third kappa shape index (κ3) is 3.54. The van der Waals surface area contributed by atoms with E-state index in [0.29, 0.717) is 12.4 Å². The number of aromatic nitrogens is 2. The van der Waals surface area contributed by atoms with Gasteiger partial charge in [0.1, 0.15) is 17.7 Å². The van der Waals surface area contributed by atoms with Gasteiger partial charge in [-0.05, 0) is 36.6 Å². The predicted octanol–water partition coefficient (Wildman–Crippen LogP) is 2.90. The zero-order chi connectivity index (χ0) is 14.5. The summed E-state index contributed by atoms with van der Waals surface area (Å²) in [6.45, 7) is 2.66. The van der Waals surface area contributed by atoms with Gasteiger partial charge in [-0.1, -0.05) is 22.0 Å². The van der Waals surface area contributed by atoms with Gasteiger partial charge in [-0.15, -0.1) is 0 Å². The van der Waals surface area contributed by atoms with E-state index in [1.54, 1.807) is 0 Å². The van der Waals surface area contributed by atoms with Gasteiger partial charge in [0, 0.05) is 17.2 Å². The third-order valence-electron chi connectivity index (χ3n) is 2.94. The molecule has 0 aliphatic heterocycles. The number of carboxylic acids is 1. The van der Waals surface area contributed by atoms with Crippen molar-refractivity contribution in [3.63, 3.8) is 0 Å². The van der Waals surface area contributed by atoms with E-state index >= 15 is 0 Å². The second-order valence-corrected chi connectivity index (χ2v) is 5.25. The maximum atomic E-state index is 11.0. The second kappa shape index (κ2) is 6.47. The largest absolute Gasteiger partial charge is 0.477 e. The van der Waals surface area contributed by atoms with Gasteiger partial charge in [-0.2, -0.15) is 0 Å². The second-order valence-electron chi connectivity index (χ2n) is 4.34. The Morgan fingerprint density at radius 2 is 2.25 bits per heavy atom. The maximum Gasteiger partial charge on any atom is 0.341 e. The lowest BCUT2D eigenvalue weighted by Gasteiger charge is -2.09. The number of anilines is 1. The molecular weight excluding hydrogens is 322 g/mol. The number of carboxylic acid groups (broad SMARTS) is 1. The first-order valence-corrected chi connectivity index (χ1v) is 6.89. The predicted molar refractivity (Wildman–Crippen MR) is 80.1 cm³/mol. The van der Waals surface area contributed by atoms with Crippen molar-refractivity contribution < 1.29 is 9.90 Å². The van der Waals surface area contributed by atoms with Crippen molar-refractivity contribution in [2.75, 3.05) is 11.9 Å². The highest BCUT2D eigenvalue weighted by Gasteiger charge is 2.10. The molecule has 1 aromatic carbocycles. The Morgan fingerprint density at radius 1 is 1.45 bits per heavy atom. The van der Waals surface area contributed by atoms with E-state index in [1.165, 1.54) is 23.7 Å². The van der Waals surface area contributed by atoms with Crippen molar-refractivity contribution in [3.05, 3.63) is 51.9 Å². The average molecular weight is 336 g/mol. The molecule has 0 unspecified atom stereocenters. The standard InChI is InChI=1S/C14H14BrN3O2/c1-9-2-3-11(15)6-10(9)4-5-17-13-12(14(19)20)7-16-8-18-13/h2-3,6-8H,4-5H2,1H3,(H,19,20)(H,16,17,18). The van der Waals surface area contributed by atoms with Gasteiger partial charge in [0.05, 0.1) is 0 Å². The Kier molecular flexibility index (Phi) is 4.68. The van der Waals surface area contributed by atoms with Gasteiger partial charge in [0.25, 0.3) is 0 Å². The zero-order valence-corrected chi connectivity index (χ0v) is 12.5. The van der Waals surface area contributed by atoms with Crippen LogP contribution in [0.5, 0.6) is 0 Å². The summed E-state index contributed by atoms with van der Waals surface area (Å²) in [5, 5.41) is 12.1. The highest BCUT2D eigenvalue weighted by Crippen LogP contribution is 2.17. The minimum Gasteiger partial charge on any atom is -0.477 e. The summed E-state index contributed by atoms with van der Waals surface area (Å²) < 4.78 is 1.03. The van der Waals surface area contributed by atoms with E-state index < -0.39 is 5.97 Å². The Bertz CT molecular complexity index is 632. The van der Waals surface area contributed by atoms with E-state index in [-0.39, 0.29) is 5.56 Å². The number of nitrogens with zero attached hydrogens (tertiary/aromatic N) is 2. The molecule has 0 atom stereocenters. The van der Waals surface area contributed by atoms with E-state index in [0.717, 1.165) is 10.9 Å². The molecule has 0 spiro atoms. The first-order chi connectivity index (χ1) is 9.58. The minimum absolute atomic E-state index is 0.0819. The molecular formula is C14H14BrN3O2. The van der Waals surface area contributed by atoms with Crippen LogP contribution in [0, 0.1) is 6.92 Å². The molecule has 5 nitrogen and oxygen atoms in total. The Morgan fingerprint density at radius 3 is 3.00 bits per heavy atom. The molecule has 0 radical (unpaired) electrons. The van der Waals surface area contributed by atoms with Crippen LogP contribution in [0.3, 0.4) is 0 Å². The highest BCUT2D eigenvalue weighted by atomic mass is 79.9. The normalized spacial score (nSPS) is 10.3. The van der Waals surface area contributed by atoms with Crippen LogP contribution in [0.15, 0.2) is 35.2 Å². The Hall–Kier alpha value is -1.95. The molecule has 0 saturated heterocycles. The van der Waals surface area contributed by atoms with Crippen molar-refractivity contribution in [2.45, 2.75) is 13.3 Å². The first-order valence-electron chi connectivity index (χ1n) is 6.10. The lowest BCUT2D eigenvalue weighted by Crippen LogP contribution is -2.12. The maximum absolute atomic E-state index is 11.0. The molecule has 0 aliphatic carbocycles. The summed E-state index contributed by atoms with van der Waals surface area (Å²) in [5.41, 5.74) is 2.49. The number of benzene rings is 1. The topological polar surface area (TPSA) is 75.1 Å². The van der Waals surface area contributed by atoms with Gasteiger partial charge in [-0.3, -0.25) is 0 Å². The molecule has 0 bridgehead atoms. The molecule has 1 aromatic heterocycles. The summed E-state index contributed by atoms with van der Waals surface area (Å²) in [5.74, 6) is -0.688. The van der Waals surface area contributed by atoms with Crippen LogP contribution >= 0.6 is 15.9 Å². The van der Waals surface area contributed by atoms with Crippen LogP contribution in [-0.2, 0) is 6.42 Å². The summed E-state index contributed by atoms with van der Waals surface area (Å²) >= 11 is 3.45. The SMILES string of the molecule is Cc1ccc(Br)cc1CCNc1ncncc1C(=O)O. The number of aryl methyl sites for hydroxylation is 1. The van der Waals surface area contributed by atoms with Crippen molar-refractivity contribution in [1.82, 2.24) is 9.97 Å². The molecule has 0 aliphatic rings. The fraction of sp³-hybridized carbons (Fsp3) is 0.214. The summed E-state index contributed by atoms with van der Waals surface area (Å²) in [6.07, 6.45) is 3.41. The number of halogens is 1. The van der Waals surface area contributed by atoms with Crippen LogP contribution in [-0.4, -0.2) is 27.6 Å². The number of hydrogen-bond donors (Lipinski definition) is 2. The van der Waals surface area contributed by atoms with Crippen LogP contribution in [0.4, 0.5) is 5.82 Å². The van der Waals surface area contributed by atoms with Gasteiger partial charge in [0.2, 0.25) is 0 Å². The van der Waals surface area contributed by atoms with Crippen LogP contribution in [0.1, 0.15) is 21.5 Å². The Balaban J connectivity index is 2.03. The highest BCUT2D eigenvalue weighted by molar-refractivity contribution is 9.10. The fourth-order valence-corrected chi connectivity index (χ4v) is 2.26. The quantitative estimate of drug-likeness (QED) is 0.878. The molecule has 2 aromatic rings. The van der Waals surface area contributed by atoms with E-state index in [2.05, 4.69) is 44.2 Å². The first kappa shape index (κ1) is 14.5. The monoisotopic (exact) mass is 335 g/mol. The van der Waals surface area contributed by atoms with Crippen molar-refractivity contribution in [1.29, 1.82) is 0 Å². The van der Waals surface area contributed by atoms with Gasteiger partial charge in [-0.25, -0.2) is 14.8 Å². The zero-order valence-electron chi connectivity index (χ0n) is 10.9. The molecule has 2 N–H and O–H groups in total. The van der Waals surface area contributed by atoms with E-state index in [1.807, 2.05) is 12.1 Å². The number of rotatable bonds is 5. The number of hydrogen-bond acceptors (Lipinski definition) is 4. The third-order valence-corrected chi connectivity index (χ3v) is 3.43. The molecule has 0 saturated carbocycles. The van der Waals surface area contributed by atoms with Gasteiger partial charge >= 0.3 is 5.97 Å². The summed E-state index contributed by atoms with van der Waals surface area (Å²) in [6, 6.07) is 6.11. The van der Waals surface area contributed by atoms with Gasteiger partial charge in [0.15, 0.2) is 0 Å². The number of nitrogens with one attached hydrogen (secondary N) is 1. The average Bonchev–Trinajstić information content (AvgIpc) is 2.43. The van der Waals surface area contributed by atoms with Crippen molar-refractivity contribution in [2.24, 2.45) is 0 Å². The van der Waals surface area contributed by atoms with Crippen molar-refractivity contribution in [3.8, 4) is 0 Å².